The number of hydrogen-bond acceptors (Lipinski definition) is 5. The lowest BCUT2D eigenvalue weighted by Crippen LogP contribution is -2.30. The average molecular weight is 283 g/mol. The number of rotatable bonds is 7. The van der Waals surface area contributed by atoms with Gasteiger partial charge in [-0.2, -0.15) is 11.8 Å². The number of nitrogens with zero attached hydrogens (tertiary/aromatic N) is 1. The van der Waals surface area contributed by atoms with Crippen LogP contribution in [0.25, 0.3) is 0 Å². The molecule has 1 amide bonds. The average Bonchev–Trinajstić information content (AvgIpc) is 2.45. The summed E-state index contributed by atoms with van der Waals surface area (Å²) < 4.78 is 5.30. The zero-order valence-corrected chi connectivity index (χ0v) is 11.4. The Morgan fingerprint density at radius 2 is 2.16 bits per heavy atom. The van der Waals surface area contributed by atoms with Gasteiger partial charge in [0.25, 0.3) is 5.91 Å². The minimum atomic E-state index is -0.158. The molecule has 0 bridgehead atoms. The van der Waals surface area contributed by atoms with Crippen molar-refractivity contribution in [3.8, 4) is 5.75 Å². The fraction of sp³-hybridized carbons (Fsp3) is 0.333. The Morgan fingerprint density at radius 3 is 2.74 bits per heavy atom. The number of hydrogen-bond donors (Lipinski definition) is 3. The summed E-state index contributed by atoms with van der Waals surface area (Å²) in [5.41, 5.74) is 6.01. The van der Waals surface area contributed by atoms with Crippen LogP contribution in [-0.4, -0.2) is 42.1 Å². The Morgan fingerprint density at radius 1 is 1.47 bits per heavy atom. The van der Waals surface area contributed by atoms with Crippen LogP contribution >= 0.6 is 11.8 Å². The standard InChI is InChI=1S/C12H17N3O3S/c1-19-7-6-14-11(16)8-18-10-4-2-9(3-5-10)12(13)15-17/h2-5,17H,6-8H2,1H3,(H2,13,15)(H,14,16). The minimum Gasteiger partial charge on any atom is -0.484 e. The molecular formula is C12H17N3O3S. The quantitative estimate of drug-likeness (QED) is 0.224. The number of nitrogens with one attached hydrogen (secondary N) is 1. The molecule has 6 nitrogen and oxygen atoms in total. The second-order valence-electron chi connectivity index (χ2n) is 3.64. The molecule has 0 aliphatic heterocycles. The third-order valence-electron chi connectivity index (χ3n) is 2.26. The van der Waals surface area contributed by atoms with E-state index in [0.717, 1.165) is 5.75 Å². The van der Waals surface area contributed by atoms with Gasteiger partial charge >= 0.3 is 0 Å². The molecule has 1 rings (SSSR count). The lowest BCUT2D eigenvalue weighted by Gasteiger charge is -2.07. The number of thioether (sulfide) groups is 1. The number of amides is 1. The molecule has 7 heteroatoms. The summed E-state index contributed by atoms with van der Waals surface area (Å²) in [6.45, 7) is 0.600. The van der Waals surface area contributed by atoms with Crippen LogP contribution in [0, 0.1) is 0 Å². The lowest BCUT2D eigenvalue weighted by atomic mass is 10.2. The lowest BCUT2D eigenvalue weighted by molar-refractivity contribution is -0.122. The Balaban J connectivity index is 2.39. The summed E-state index contributed by atoms with van der Waals surface area (Å²) >= 11 is 1.67. The summed E-state index contributed by atoms with van der Waals surface area (Å²) in [6.07, 6.45) is 1.98. The fourth-order valence-corrected chi connectivity index (χ4v) is 1.58. The summed E-state index contributed by atoms with van der Waals surface area (Å²) in [7, 11) is 0. The molecule has 0 aromatic heterocycles. The highest BCUT2D eigenvalue weighted by molar-refractivity contribution is 7.98. The van der Waals surface area contributed by atoms with Gasteiger partial charge in [0.15, 0.2) is 12.4 Å². The number of carbonyl (C=O) groups excluding carboxylic acids is 1. The second-order valence-corrected chi connectivity index (χ2v) is 4.63. The van der Waals surface area contributed by atoms with E-state index >= 15 is 0 Å². The van der Waals surface area contributed by atoms with Gasteiger partial charge in [-0.25, -0.2) is 0 Å². The Labute approximate surface area is 116 Å². The zero-order valence-electron chi connectivity index (χ0n) is 10.6. The van der Waals surface area contributed by atoms with E-state index in [-0.39, 0.29) is 18.3 Å². The number of carbonyl (C=O) groups is 1. The Kier molecular flexibility index (Phi) is 6.59. The number of amidine groups is 1. The van der Waals surface area contributed by atoms with Gasteiger partial charge in [-0.1, -0.05) is 5.16 Å². The molecule has 0 saturated carbocycles. The van der Waals surface area contributed by atoms with Gasteiger partial charge in [0.2, 0.25) is 0 Å². The molecule has 0 atom stereocenters. The van der Waals surface area contributed by atoms with E-state index in [1.165, 1.54) is 0 Å². The van der Waals surface area contributed by atoms with Gasteiger partial charge in [-0.3, -0.25) is 4.79 Å². The molecule has 104 valence electrons. The van der Waals surface area contributed by atoms with E-state index in [4.69, 9.17) is 15.7 Å². The van der Waals surface area contributed by atoms with Crippen LogP contribution in [0.1, 0.15) is 5.56 Å². The molecule has 0 radical (unpaired) electrons. The SMILES string of the molecule is CSCCNC(=O)COc1ccc(C(N)=NO)cc1. The first-order chi connectivity index (χ1) is 9.17. The van der Waals surface area contributed by atoms with Gasteiger partial charge in [0.1, 0.15) is 5.75 Å². The molecule has 0 saturated heterocycles. The normalized spacial score (nSPS) is 11.1. The maximum atomic E-state index is 11.4. The third-order valence-corrected chi connectivity index (χ3v) is 2.87. The number of benzene rings is 1. The van der Waals surface area contributed by atoms with Crippen molar-refractivity contribution in [2.75, 3.05) is 25.2 Å². The maximum Gasteiger partial charge on any atom is 0.257 e. The predicted octanol–water partition coefficient (Wildman–Crippen LogP) is 0.639. The van der Waals surface area contributed by atoms with E-state index in [0.29, 0.717) is 17.9 Å². The molecule has 0 aliphatic carbocycles. The topological polar surface area (TPSA) is 96.9 Å². The highest BCUT2D eigenvalue weighted by Crippen LogP contribution is 2.11. The van der Waals surface area contributed by atoms with Crippen molar-refractivity contribution in [1.29, 1.82) is 0 Å². The van der Waals surface area contributed by atoms with Crippen LogP contribution < -0.4 is 15.8 Å². The van der Waals surface area contributed by atoms with Crippen molar-refractivity contribution in [3.63, 3.8) is 0 Å². The monoisotopic (exact) mass is 283 g/mol. The molecule has 0 fully saturated rings. The van der Waals surface area contributed by atoms with Crippen molar-refractivity contribution in [3.05, 3.63) is 29.8 Å². The van der Waals surface area contributed by atoms with Crippen LogP contribution in [0.2, 0.25) is 0 Å². The molecule has 0 spiro atoms. The highest BCUT2D eigenvalue weighted by atomic mass is 32.2. The van der Waals surface area contributed by atoms with E-state index in [1.807, 2.05) is 6.26 Å². The van der Waals surface area contributed by atoms with Gasteiger partial charge < -0.3 is 21.0 Å². The first kappa shape index (κ1) is 15.2. The van der Waals surface area contributed by atoms with Crippen LogP contribution in [0.15, 0.2) is 29.4 Å². The number of nitrogens with two attached hydrogens (primary N) is 1. The van der Waals surface area contributed by atoms with E-state index in [2.05, 4.69) is 10.5 Å². The third kappa shape index (κ3) is 5.52. The summed E-state index contributed by atoms with van der Waals surface area (Å²) in [5.74, 6) is 1.30. The first-order valence-corrected chi connectivity index (χ1v) is 7.03. The fourth-order valence-electron chi connectivity index (χ4n) is 1.27. The van der Waals surface area contributed by atoms with Crippen molar-refractivity contribution >= 4 is 23.5 Å². The molecule has 0 aliphatic rings. The first-order valence-electron chi connectivity index (χ1n) is 5.63. The second kappa shape index (κ2) is 8.25. The highest BCUT2D eigenvalue weighted by Gasteiger charge is 2.03. The van der Waals surface area contributed by atoms with Crippen molar-refractivity contribution in [1.82, 2.24) is 5.32 Å². The van der Waals surface area contributed by atoms with Crippen molar-refractivity contribution < 1.29 is 14.7 Å². The predicted molar refractivity (Wildman–Crippen MR) is 75.8 cm³/mol. The van der Waals surface area contributed by atoms with Crippen LogP contribution in [0.3, 0.4) is 0 Å². The van der Waals surface area contributed by atoms with E-state index in [1.54, 1.807) is 36.0 Å². The largest absolute Gasteiger partial charge is 0.484 e. The molecule has 0 heterocycles. The molecule has 0 unspecified atom stereocenters. The summed E-state index contributed by atoms with van der Waals surface area (Å²) in [6, 6.07) is 6.61. The van der Waals surface area contributed by atoms with Gasteiger partial charge in [-0.05, 0) is 30.5 Å². The van der Waals surface area contributed by atoms with Gasteiger partial charge in [-0.15, -0.1) is 0 Å². The molecule has 1 aromatic carbocycles. The van der Waals surface area contributed by atoms with Crippen molar-refractivity contribution in [2.45, 2.75) is 0 Å². The van der Waals surface area contributed by atoms with Gasteiger partial charge in [0.05, 0.1) is 0 Å². The smallest absolute Gasteiger partial charge is 0.257 e. The minimum absolute atomic E-state index is 0.0290. The molecular weight excluding hydrogens is 266 g/mol. The van der Waals surface area contributed by atoms with Crippen LogP contribution in [0.4, 0.5) is 0 Å². The van der Waals surface area contributed by atoms with E-state index in [9.17, 15) is 4.79 Å². The maximum absolute atomic E-state index is 11.4. The van der Waals surface area contributed by atoms with E-state index < -0.39 is 0 Å². The van der Waals surface area contributed by atoms with Crippen LogP contribution in [-0.2, 0) is 4.79 Å². The zero-order chi connectivity index (χ0) is 14.1. The molecule has 4 N–H and O–H groups in total. The Bertz CT molecular complexity index is 434. The summed E-state index contributed by atoms with van der Waals surface area (Å²) in [4.78, 5) is 11.4. The Hall–Kier alpha value is -1.89. The van der Waals surface area contributed by atoms with Gasteiger partial charge in [0, 0.05) is 17.9 Å². The van der Waals surface area contributed by atoms with Crippen molar-refractivity contribution in [2.24, 2.45) is 10.9 Å². The molecule has 1 aromatic rings. The number of oxime groups is 1. The molecule has 19 heavy (non-hydrogen) atoms. The van der Waals surface area contributed by atoms with Crippen LogP contribution in [0.5, 0.6) is 5.75 Å². The summed E-state index contributed by atoms with van der Waals surface area (Å²) in [5, 5.41) is 14.1. The number of ether oxygens (including phenoxy) is 1.